The third-order valence-corrected chi connectivity index (χ3v) is 35.1. The number of quaternary nitrogens is 1. The molecule has 4 unspecified atom stereocenters. The molecule has 0 aromatic heterocycles. The molecule has 846 valence electrons. The van der Waals surface area contributed by atoms with Crippen molar-refractivity contribution in [3.63, 3.8) is 0 Å². The largest absolute Gasteiger partial charge is 0.343 e. The standard InChI is InChI=1S/C13H27N.C13H26N.C12H23NO.3C12H25N.2C12H23N.C12H21N.C11H23N.C10H21N/c1-11(2)10-14-8-6-12(7-9-14)13(3,4)5;1-6-9-14(5)10-7-12(8-11-14)13(2,3)4;1-5-11(14)13-8-6-10(7-9-13)12(2,3)4;1-10(2)13-8-6-11(7-9-13)12(3,4)5;1-10(2)13-8-6-7-11(9-13)12(3,4)5;4*1-5-8-13-9-6-11(7-10-13)12(2,3)4;1-5-12-8-6-7-10(9-12)11(2,3)4;1-10(2,3)9-6-5-7-11(4)8-9/h11-12H,6-10H2,1-5H3;7H,6,8-11H2,1-5H3;10H,5-9H2,1-4H3;2*10-11H,6-9H2,1-5H3;11H,5-10H2,1-4H3;6H,5,7-10H2,1-4H3;5,11H,1,6-10H2,2-4H3;5-6H,1,7-10H2,2-4H3;10H,5-9H2,1-4H3;9H,5-8H2,1-4H3/q;+1;;;;;;;;;. The molecule has 11 aliphatic rings. The molecule has 143 heavy (non-hydrogen) atoms. The smallest absolute Gasteiger partial charge is 0.222 e. The first-order chi connectivity index (χ1) is 65.7. The number of hydrogen-bond acceptors (Lipinski definition) is 10. The third kappa shape index (κ3) is 59.2. The van der Waals surface area contributed by atoms with Gasteiger partial charge in [0.1, 0.15) is 0 Å². The molecule has 0 spiro atoms. The van der Waals surface area contributed by atoms with Gasteiger partial charge in [0.05, 0.1) is 26.7 Å². The van der Waals surface area contributed by atoms with Gasteiger partial charge in [-0.1, -0.05) is 318 Å². The van der Waals surface area contributed by atoms with Crippen LogP contribution in [0.2, 0.25) is 0 Å². The Kier molecular flexibility index (Phi) is 64.2. The molecule has 12 nitrogen and oxygen atoms in total. The van der Waals surface area contributed by atoms with Gasteiger partial charge >= 0.3 is 0 Å². The van der Waals surface area contributed by atoms with Crippen molar-refractivity contribution in [1.29, 1.82) is 0 Å². The van der Waals surface area contributed by atoms with Crippen LogP contribution < -0.4 is 0 Å². The van der Waals surface area contributed by atoms with E-state index in [-0.39, 0.29) is 0 Å². The second-order valence-corrected chi connectivity index (χ2v) is 59.8. The number of nitrogens with zero attached hydrogens (tertiary/aromatic N) is 11. The average molecular weight is 2010 g/mol. The molecule has 11 aliphatic heterocycles. The molecular weight excluding hydrogens is 1740 g/mol. The number of piperidine rings is 8. The van der Waals surface area contributed by atoms with Gasteiger partial charge in [-0.05, 0) is 380 Å². The van der Waals surface area contributed by atoms with Crippen LogP contribution in [0.15, 0.2) is 60.3 Å². The average Bonchev–Trinajstić information content (AvgIpc) is 0.813. The summed E-state index contributed by atoms with van der Waals surface area (Å²) >= 11 is 0. The molecule has 12 heteroatoms. The topological polar surface area (TPSA) is 49.5 Å². The first-order valence-electron chi connectivity index (χ1n) is 60.6. The predicted molar refractivity (Wildman–Crippen MR) is 643 cm³/mol. The third-order valence-electron chi connectivity index (χ3n) is 35.1. The predicted octanol–water partition coefficient (Wildman–Crippen LogP) is 32.8. The summed E-state index contributed by atoms with van der Waals surface area (Å²) in [5, 5.41) is 0. The van der Waals surface area contributed by atoms with Gasteiger partial charge in [-0.15, -0.1) is 13.2 Å². The van der Waals surface area contributed by atoms with Crippen molar-refractivity contribution in [2.75, 3.05) is 204 Å². The Hall–Kier alpha value is -2.23. The molecule has 8 fully saturated rings. The molecule has 1 amide bonds. The normalized spacial score (nSPS) is 23.5. The van der Waals surface area contributed by atoms with E-state index in [2.05, 4.69) is 387 Å². The lowest BCUT2D eigenvalue weighted by atomic mass is 9.75. The summed E-state index contributed by atoms with van der Waals surface area (Å²) in [6.45, 7) is 146. The van der Waals surface area contributed by atoms with E-state index in [1.807, 2.05) is 24.0 Å². The van der Waals surface area contributed by atoms with Crippen molar-refractivity contribution in [2.24, 2.45) is 113 Å². The monoisotopic (exact) mass is 2010 g/mol. The SMILES string of the molecule is C=CCN1CC=C(C(C)(C)C)CC1.C=CCN1CCC(C(C)(C)C)CC1.CC(C)CN1CCC(C(C)(C)C)CC1.CC(C)N1CCC(C(C)(C)C)CC1.CC(C)N1CCCC(C(C)(C)C)C1.CCC(=O)N1CCC(C(C)(C)C)CC1.CCCN1CC=C(C(C)(C)C)CC1.CCCN1CCC(C(C)(C)C)CC1.CCC[N+]1(C)CC=C(C(C)(C)C)CC1.CCN1CCCC(C(C)(C)C)C1.CN1CCCC(C(C)(C)C)C1. The number of hydrogen-bond donors (Lipinski definition) is 0. The van der Waals surface area contributed by atoms with Crippen LogP contribution in [0.1, 0.15) is 452 Å². The molecule has 0 N–H and O–H groups in total. The van der Waals surface area contributed by atoms with Gasteiger partial charge in [0.25, 0.3) is 0 Å². The molecule has 11 rings (SSSR count). The van der Waals surface area contributed by atoms with Gasteiger partial charge in [0.2, 0.25) is 5.91 Å². The number of likely N-dealkylation sites (tertiary alicyclic amines) is 8. The Morgan fingerprint density at radius 1 is 0.350 bits per heavy atom. The molecule has 8 saturated heterocycles. The van der Waals surface area contributed by atoms with E-state index in [4.69, 9.17) is 0 Å². The lowest BCUT2D eigenvalue weighted by Gasteiger charge is -2.41. The molecular formula is C131H262N11O+. The summed E-state index contributed by atoms with van der Waals surface area (Å²) < 4.78 is 1.25. The highest BCUT2D eigenvalue weighted by Gasteiger charge is 2.38. The van der Waals surface area contributed by atoms with Gasteiger partial charge in [-0.2, -0.15) is 0 Å². The van der Waals surface area contributed by atoms with Crippen LogP contribution in [-0.2, 0) is 4.79 Å². The zero-order chi connectivity index (χ0) is 110. The van der Waals surface area contributed by atoms with E-state index in [0.717, 1.165) is 98.1 Å². The first-order valence-corrected chi connectivity index (χ1v) is 60.6. The molecule has 0 radical (unpaired) electrons. The summed E-state index contributed by atoms with van der Waals surface area (Å²) in [4.78, 5) is 36.4. The van der Waals surface area contributed by atoms with E-state index in [9.17, 15) is 4.79 Å². The Morgan fingerprint density at radius 2 is 0.685 bits per heavy atom. The summed E-state index contributed by atoms with van der Waals surface area (Å²) in [6, 6.07) is 1.46. The molecule has 0 aromatic rings. The Bertz CT molecular complexity index is 3370. The van der Waals surface area contributed by atoms with Crippen molar-refractivity contribution >= 4 is 5.91 Å². The minimum absolute atomic E-state index is 0.317. The fraction of sp³-hybridized carbons (Fsp3) is 0.916. The fourth-order valence-corrected chi connectivity index (χ4v) is 23.6. The maximum atomic E-state index is 11.4. The number of carbonyl (C=O) groups is 1. The number of rotatable bonds is 16. The minimum Gasteiger partial charge on any atom is -0.343 e. The van der Waals surface area contributed by atoms with E-state index in [1.54, 1.807) is 16.7 Å². The van der Waals surface area contributed by atoms with Crippen molar-refractivity contribution in [3.8, 4) is 0 Å². The highest BCUT2D eigenvalue weighted by Crippen LogP contribution is 2.43. The van der Waals surface area contributed by atoms with Gasteiger partial charge in [0.15, 0.2) is 0 Å². The summed E-state index contributed by atoms with van der Waals surface area (Å²) in [6.07, 6.45) is 41.5. The van der Waals surface area contributed by atoms with Crippen LogP contribution in [0.25, 0.3) is 0 Å². The van der Waals surface area contributed by atoms with E-state index in [1.165, 1.54) is 303 Å². The van der Waals surface area contributed by atoms with E-state index >= 15 is 0 Å². The minimum atomic E-state index is 0.317. The number of amides is 1. The van der Waals surface area contributed by atoms with Crippen molar-refractivity contribution in [3.05, 3.63) is 60.3 Å². The lowest BCUT2D eigenvalue weighted by molar-refractivity contribution is -0.905. The summed E-state index contributed by atoms with van der Waals surface area (Å²) in [5.41, 5.74) is 10.0. The zero-order valence-electron chi connectivity index (χ0n) is 106. The van der Waals surface area contributed by atoms with E-state index in [0.29, 0.717) is 71.9 Å². The van der Waals surface area contributed by atoms with Gasteiger partial charge in [-0.3, -0.25) is 19.5 Å². The maximum Gasteiger partial charge on any atom is 0.222 e. The molecule has 0 aliphatic carbocycles. The first kappa shape index (κ1) is 139. The quantitative estimate of drug-likeness (QED) is 0.110. The van der Waals surface area contributed by atoms with Crippen LogP contribution in [0.3, 0.4) is 0 Å². The maximum absolute atomic E-state index is 11.4. The summed E-state index contributed by atoms with van der Waals surface area (Å²) in [5.74, 6) is 8.35. The molecule has 4 atom stereocenters. The van der Waals surface area contributed by atoms with Crippen molar-refractivity contribution < 1.29 is 9.28 Å². The number of carbonyl (C=O) groups excluding carboxylic acids is 1. The molecule has 0 bridgehead atoms. The van der Waals surface area contributed by atoms with Crippen LogP contribution in [-0.4, -0.2) is 275 Å². The highest BCUT2D eigenvalue weighted by atomic mass is 16.2. The van der Waals surface area contributed by atoms with Gasteiger partial charge in [-0.25, -0.2) is 0 Å². The second kappa shape index (κ2) is 66.1. The van der Waals surface area contributed by atoms with Crippen LogP contribution in [0, 0.1) is 113 Å². The van der Waals surface area contributed by atoms with Gasteiger partial charge < -0.3 is 38.8 Å². The Morgan fingerprint density at radius 3 is 1.00 bits per heavy atom. The summed E-state index contributed by atoms with van der Waals surface area (Å²) in [7, 11) is 4.62. The second-order valence-electron chi connectivity index (χ2n) is 59.8. The van der Waals surface area contributed by atoms with E-state index < -0.39 is 0 Å². The lowest BCUT2D eigenvalue weighted by Crippen LogP contribution is -2.48. The Balaban J connectivity index is 0.000000787. The van der Waals surface area contributed by atoms with Crippen molar-refractivity contribution in [2.45, 2.75) is 464 Å². The number of likely N-dealkylation sites (N-methyl/N-ethyl adjacent to an activating group) is 1. The molecule has 0 aromatic carbocycles. The Labute approximate surface area is 899 Å². The molecule has 11 heterocycles. The van der Waals surface area contributed by atoms with Crippen LogP contribution in [0.4, 0.5) is 0 Å². The highest BCUT2D eigenvalue weighted by molar-refractivity contribution is 5.75. The zero-order valence-corrected chi connectivity index (χ0v) is 106. The van der Waals surface area contributed by atoms with Gasteiger partial charge in [0, 0.05) is 103 Å². The van der Waals surface area contributed by atoms with Crippen LogP contribution >= 0.6 is 0 Å². The van der Waals surface area contributed by atoms with Crippen LogP contribution in [0.5, 0.6) is 0 Å². The fourth-order valence-electron chi connectivity index (χ4n) is 23.6. The van der Waals surface area contributed by atoms with Crippen molar-refractivity contribution in [1.82, 2.24) is 49.0 Å². The molecule has 0 saturated carbocycles.